The van der Waals surface area contributed by atoms with Gasteiger partial charge in [-0.05, 0) is 108 Å². The van der Waals surface area contributed by atoms with Gasteiger partial charge >= 0.3 is 5.97 Å². The van der Waals surface area contributed by atoms with E-state index in [4.69, 9.17) is 0 Å². The van der Waals surface area contributed by atoms with Crippen molar-refractivity contribution >= 4 is 17.1 Å². The molecule has 0 unspecified atom stereocenters. The molecule has 0 aromatic heterocycles. The van der Waals surface area contributed by atoms with Crippen LogP contribution < -0.4 is 0 Å². The molecule has 0 spiro atoms. The Balaban J connectivity index is 1.53. The zero-order chi connectivity index (χ0) is 26.6. The average Bonchev–Trinajstić information content (AvgIpc) is 3.09. The molecule has 1 N–H and O–H groups in total. The molecule has 0 radical (unpaired) electrons. The van der Waals surface area contributed by atoms with Crippen LogP contribution in [-0.4, -0.2) is 42.3 Å². The number of nitrogens with zero attached hydrogens (tertiary/aromatic N) is 2. The largest absolute Gasteiger partial charge is 0.478 e. The smallest absolute Gasteiger partial charge is 0.335 e. The van der Waals surface area contributed by atoms with Crippen molar-refractivity contribution in [2.75, 3.05) is 26.3 Å². The fraction of sp³-hybridized carbons (Fsp3) is 0.333. The van der Waals surface area contributed by atoms with Crippen molar-refractivity contribution in [3.63, 3.8) is 0 Å². The highest BCUT2D eigenvalue weighted by Crippen LogP contribution is 2.41. The topological polar surface area (TPSA) is 64.3 Å². The second-order valence-corrected chi connectivity index (χ2v) is 10.6. The lowest BCUT2D eigenvalue weighted by molar-refractivity contribution is 0.0696. The molecule has 0 bridgehead atoms. The summed E-state index contributed by atoms with van der Waals surface area (Å²) in [6, 6.07) is 22.6. The number of likely N-dealkylation sites (tertiary alicyclic amines) is 1. The van der Waals surface area contributed by atoms with Gasteiger partial charge in [0.2, 0.25) is 0 Å². The van der Waals surface area contributed by atoms with Crippen molar-refractivity contribution in [3.05, 3.63) is 105 Å². The van der Waals surface area contributed by atoms with Crippen LogP contribution in [0.15, 0.2) is 60.7 Å². The molecular weight excluding hydrogens is 475 g/mol. The van der Waals surface area contributed by atoms with Gasteiger partial charge in [0.15, 0.2) is 0 Å². The van der Waals surface area contributed by atoms with E-state index in [-0.39, 0.29) is 6.67 Å². The second-order valence-electron chi connectivity index (χ2n) is 10.6. The summed E-state index contributed by atoms with van der Waals surface area (Å²) in [5, 5.41) is 19.5. The Bertz CT molecular complexity index is 1410. The molecule has 1 saturated heterocycles. The van der Waals surface area contributed by atoms with Gasteiger partial charge in [0.1, 0.15) is 0 Å². The third-order valence-electron chi connectivity index (χ3n) is 7.82. The van der Waals surface area contributed by atoms with Crippen LogP contribution >= 0.6 is 0 Å². The number of nitriles is 1. The van der Waals surface area contributed by atoms with E-state index in [1.165, 1.54) is 5.56 Å². The predicted octanol–water partition coefficient (Wildman–Crippen LogP) is 6.69. The maximum Gasteiger partial charge on any atom is 0.335 e. The zero-order valence-electron chi connectivity index (χ0n) is 21.8. The number of carboxylic acids is 1. The van der Waals surface area contributed by atoms with Crippen LogP contribution in [0.2, 0.25) is 0 Å². The molecule has 38 heavy (non-hydrogen) atoms. The summed E-state index contributed by atoms with van der Waals surface area (Å²) < 4.78 is 12.4. The van der Waals surface area contributed by atoms with Crippen molar-refractivity contribution in [2.24, 2.45) is 5.92 Å². The van der Waals surface area contributed by atoms with Crippen molar-refractivity contribution in [3.8, 4) is 6.07 Å². The summed E-state index contributed by atoms with van der Waals surface area (Å²) in [6.45, 7) is 4.65. The van der Waals surface area contributed by atoms with E-state index in [1.54, 1.807) is 12.1 Å². The number of carboxylic acid groups (broad SMARTS) is 1. The molecule has 0 amide bonds. The summed E-state index contributed by atoms with van der Waals surface area (Å²) in [6.07, 6.45) is 4.10. The third-order valence-corrected chi connectivity index (χ3v) is 7.82. The molecule has 0 saturated carbocycles. The molecule has 3 aromatic carbocycles. The number of allylic oxidation sites excluding steroid dienone is 1. The minimum atomic E-state index is -0.920. The van der Waals surface area contributed by atoms with Crippen molar-refractivity contribution in [1.29, 1.82) is 5.26 Å². The van der Waals surface area contributed by atoms with Gasteiger partial charge in [-0.15, -0.1) is 0 Å². The number of halogens is 1. The molecule has 2 aliphatic rings. The van der Waals surface area contributed by atoms with E-state index in [0.29, 0.717) is 23.5 Å². The van der Waals surface area contributed by atoms with Crippen molar-refractivity contribution in [1.82, 2.24) is 4.90 Å². The number of fused-ring (bicyclic) bond motifs is 1. The number of aromatic carboxylic acids is 1. The number of benzene rings is 3. The van der Waals surface area contributed by atoms with Crippen LogP contribution in [0.25, 0.3) is 11.1 Å². The van der Waals surface area contributed by atoms with Crippen LogP contribution in [-0.2, 0) is 12.8 Å². The monoisotopic (exact) mass is 508 g/mol. The van der Waals surface area contributed by atoms with E-state index < -0.39 is 5.97 Å². The van der Waals surface area contributed by atoms with Crippen molar-refractivity contribution < 1.29 is 14.3 Å². The third kappa shape index (κ3) is 5.42. The van der Waals surface area contributed by atoms with Crippen LogP contribution in [0.1, 0.15) is 68.6 Å². The molecule has 1 aliphatic heterocycles. The minimum Gasteiger partial charge on any atom is -0.478 e. The minimum absolute atomic E-state index is 0.250. The van der Waals surface area contributed by atoms with Crippen LogP contribution in [0.3, 0.4) is 0 Å². The Labute approximate surface area is 224 Å². The first-order valence-corrected chi connectivity index (χ1v) is 13.5. The number of alkyl halides is 1. The van der Waals surface area contributed by atoms with E-state index in [0.717, 1.165) is 84.3 Å². The SMILES string of the molecule is Cc1ccc(C2=C(c3ccc(CC4CN(CCCF)C4)cc3)c3ccc(C(=O)O)cc3CCC2)c(C#N)c1. The number of hydrogen-bond acceptors (Lipinski definition) is 3. The lowest BCUT2D eigenvalue weighted by Crippen LogP contribution is -2.47. The van der Waals surface area contributed by atoms with Gasteiger partial charge in [0.05, 0.1) is 23.9 Å². The predicted molar refractivity (Wildman–Crippen MR) is 149 cm³/mol. The normalized spacial score (nSPS) is 15.9. The summed E-state index contributed by atoms with van der Waals surface area (Å²) in [4.78, 5) is 14.0. The quantitative estimate of drug-likeness (QED) is 0.368. The summed E-state index contributed by atoms with van der Waals surface area (Å²) in [7, 11) is 0. The first-order chi connectivity index (χ1) is 18.5. The highest BCUT2D eigenvalue weighted by atomic mass is 19.1. The Morgan fingerprint density at radius 2 is 1.82 bits per heavy atom. The Hall–Kier alpha value is -3.75. The van der Waals surface area contributed by atoms with Crippen LogP contribution in [0, 0.1) is 24.2 Å². The highest BCUT2D eigenvalue weighted by Gasteiger charge is 2.26. The van der Waals surface area contributed by atoms with Gasteiger partial charge < -0.3 is 10.0 Å². The molecule has 3 aromatic rings. The lowest BCUT2D eigenvalue weighted by atomic mass is 9.85. The number of carbonyl (C=O) groups is 1. The molecule has 0 atom stereocenters. The molecule has 1 fully saturated rings. The summed E-state index contributed by atoms with van der Waals surface area (Å²) >= 11 is 0. The van der Waals surface area contributed by atoms with E-state index in [9.17, 15) is 19.6 Å². The maximum absolute atomic E-state index is 12.4. The number of hydrogen-bond donors (Lipinski definition) is 1. The molecule has 194 valence electrons. The Morgan fingerprint density at radius 1 is 1.05 bits per heavy atom. The summed E-state index contributed by atoms with van der Waals surface area (Å²) in [5.41, 5.74) is 9.65. The lowest BCUT2D eigenvalue weighted by Gasteiger charge is -2.39. The van der Waals surface area contributed by atoms with Gasteiger partial charge in [-0.25, -0.2) is 4.79 Å². The molecule has 5 heteroatoms. The highest BCUT2D eigenvalue weighted by molar-refractivity contribution is 6.01. The average molecular weight is 509 g/mol. The van der Waals surface area contributed by atoms with Crippen LogP contribution in [0.5, 0.6) is 0 Å². The van der Waals surface area contributed by atoms with Gasteiger partial charge in [-0.2, -0.15) is 5.26 Å². The first kappa shape index (κ1) is 25.9. The van der Waals surface area contributed by atoms with Gasteiger partial charge in [0.25, 0.3) is 0 Å². The Morgan fingerprint density at radius 3 is 2.53 bits per heavy atom. The fourth-order valence-electron chi connectivity index (χ4n) is 5.95. The van der Waals surface area contributed by atoms with Crippen LogP contribution in [0.4, 0.5) is 4.39 Å². The van der Waals surface area contributed by atoms with Gasteiger partial charge in [0, 0.05) is 19.6 Å². The zero-order valence-corrected chi connectivity index (χ0v) is 21.8. The van der Waals surface area contributed by atoms with E-state index in [1.807, 2.05) is 19.1 Å². The van der Waals surface area contributed by atoms with Gasteiger partial charge in [-0.1, -0.05) is 42.5 Å². The van der Waals surface area contributed by atoms with Crippen molar-refractivity contribution in [2.45, 2.75) is 39.0 Å². The fourth-order valence-corrected chi connectivity index (χ4v) is 5.95. The molecular formula is C33H33FN2O2. The second kappa shape index (κ2) is 11.3. The Kier molecular flexibility index (Phi) is 7.72. The molecule has 5 rings (SSSR count). The standard InChI is InChI=1S/C33H33FN2O2/c1-22-6-12-29(28(16-22)19-35)31-5-2-4-26-18-27(33(37)38)11-13-30(26)32(31)25-9-7-23(8-10-25)17-24-20-36(21-24)15-3-14-34/h6-13,16,18,24H,2-5,14-15,17,20-21H2,1H3,(H,37,38). The molecule has 1 aliphatic carbocycles. The van der Waals surface area contributed by atoms with E-state index in [2.05, 4.69) is 47.4 Å². The van der Waals surface area contributed by atoms with Gasteiger partial charge in [-0.3, -0.25) is 4.39 Å². The molecule has 4 nitrogen and oxygen atoms in total. The summed E-state index contributed by atoms with van der Waals surface area (Å²) in [5.74, 6) is -0.314. The maximum atomic E-state index is 12.4. The molecule has 1 heterocycles. The number of aryl methyl sites for hydroxylation is 2. The van der Waals surface area contributed by atoms with E-state index >= 15 is 0 Å². The number of rotatable bonds is 8. The first-order valence-electron chi connectivity index (χ1n) is 13.5.